The minimum Gasteiger partial charge on any atom is -0.493 e. The molecule has 3 nitrogen and oxygen atoms in total. The molecule has 3 aromatic carbocycles. The Kier molecular flexibility index (Phi) is 7.46. The lowest BCUT2D eigenvalue weighted by molar-refractivity contribution is 0.284. The summed E-state index contributed by atoms with van der Waals surface area (Å²) in [7, 11) is 1.60. The number of benzene rings is 3. The summed E-state index contributed by atoms with van der Waals surface area (Å²) in [6.45, 7) is 1.58. The quantitative estimate of drug-likeness (QED) is 0.436. The van der Waals surface area contributed by atoms with Gasteiger partial charge in [-0.15, -0.1) is 0 Å². The number of nitrogens with one attached hydrogen (secondary N) is 1. The van der Waals surface area contributed by atoms with Crippen LogP contribution < -0.4 is 14.8 Å². The molecule has 0 aromatic heterocycles. The van der Waals surface area contributed by atoms with Gasteiger partial charge < -0.3 is 14.8 Å². The van der Waals surface area contributed by atoms with Crippen molar-refractivity contribution in [1.29, 1.82) is 0 Å². The number of methoxy groups -OCH3 is 1. The van der Waals surface area contributed by atoms with E-state index < -0.39 is 0 Å². The van der Waals surface area contributed by atoms with E-state index in [-0.39, 0.29) is 6.61 Å². The Bertz CT molecular complexity index is 912. The third kappa shape index (κ3) is 5.33. The summed E-state index contributed by atoms with van der Waals surface area (Å²) in [5, 5.41) is 5.10. The van der Waals surface area contributed by atoms with Gasteiger partial charge in [-0.05, 0) is 29.3 Å². The topological polar surface area (TPSA) is 30.5 Å². The van der Waals surface area contributed by atoms with Crippen molar-refractivity contribution in [3.05, 3.63) is 92.4 Å². The van der Waals surface area contributed by atoms with Crippen molar-refractivity contribution in [3.63, 3.8) is 0 Å². The number of ether oxygens (including phenoxy) is 2. The zero-order valence-electron chi connectivity index (χ0n) is 15.3. The monoisotopic (exact) mass is 435 g/mol. The van der Waals surface area contributed by atoms with Crippen LogP contribution in [0.1, 0.15) is 16.7 Å². The molecule has 0 saturated carbocycles. The van der Waals surface area contributed by atoms with Gasteiger partial charge >= 0.3 is 0 Å². The minimum absolute atomic E-state index is 0.219. The maximum absolute atomic E-state index is 6.46. The van der Waals surface area contributed by atoms with Gasteiger partial charge in [0.2, 0.25) is 0 Å². The Balaban J connectivity index is 1.68. The van der Waals surface area contributed by atoms with E-state index in [0.717, 1.165) is 17.7 Å². The standard InChI is InChI=1S/C22H20Cl3NO2/c1-27-21-10-16(13-26-12-15-6-3-2-4-7-15)20(25)11-22(21)28-14-17-18(23)8-5-9-19(17)24/h2-11,26H,12-14H2,1H3. The summed E-state index contributed by atoms with van der Waals surface area (Å²) < 4.78 is 11.4. The fourth-order valence-corrected chi connectivity index (χ4v) is 3.47. The van der Waals surface area contributed by atoms with Gasteiger partial charge in [0.15, 0.2) is 11.5 Å². The summed E-state index contributed by atoms with van der Waals surface area (Å²) in [6.07, 6.45) is 0. The molecule has 28 heavy (non-hydrogen) atoms. The Morgan fingerprint density at radius 2 is 1.50 bits per heavy atom. The first-order chi connectivity index (χ1) is 13.6. The molecule has 0 aliphatic carbocycles. The van der Waals surface area contributed by atoms with Crippen molar-refractivity contribution >= 4 is 34.8 Å². The van der Waals surface area contributed by atoms with E-state index >= 15 is 0 Å². The fourth-order valence-electron chi connectivity index (χ4n) is 2.74. The van der Waals surface area contributed by atoms with Crippen LogP contribution in [0.25, 0.3) is 0 Å². The lowest BCUT2D eigenvalue weighted by atomic mass is 10.1. The van der Waals surface area contributed by atoms with Crippen molar-refractivity contribution in [2.24, 2.45) is 0 Å². The van der Waals surface area contributed by atoms with Crippen molar-refractivity contribution in [2.45, 2.75) is 19.7 Å². The lowest BCUT2D eigenvalue weighted by Gasteiger charge is -2.15. The van der Waals surface area contributed by atoms with E-state index in [2.05, 4.69) is 17.4 Å². The zero-order chi connectivity index (χ0) is 19.9. The Morgan fingerprint density at radius 3 is 2.18 bits per heavy atom. The average Bonchev–Trinajstić information content (AvgIpc) is 2.70. The molecule has 3 rings (SSSR count). The van der Waals surface area contributed by atoms with Gasteiger partial charge in [0, 0.05) is 39.8 Å². The average molecular weight is 437 g/mol. The molecule has 0 heterocycles. The van der Waals surface area contributed by atoms with Crippen LogP contribution in [0, 0.1) is 0 Å². The normalized spacial score (nSPS) is 10.7. The van der Waals surface area contributed by atoms with Crippen molar-refractivity contribution < 1.29 is 9.47 Å². The van der Waals surface area contributed by atoms with Crippen LogP contribution in [0.4, 0.5) is 0 Å². The molecule has 0 unspecified atom stereocenters. The molecule has 0 saturated heterocycles. The maximum Gasteiger partial charge on any atom is 0.163 e. The lowest BCUT2D eigenvalue weighted by Crippen LogP contribution is -2.13. The summed E-state index contributed by atoms with van der Waals surface area (Å²) in [5.41, 5.74) is 2.86. The highest BCUT2D eigenvalue weighted by atomic mass is 35.5. The van der Waals surface area contributed by atoms with E-state index in [9.17, 15) is 0 Å². The third-order valence-electron chi connectivity index (χ3n) is 4.25. The van der Waals surface area contributed by atoms with Crippen LogP contribution in [0.2, 0.25) is 15.1 Å². The Labute approximate surface area is 180 Å². The van der Waals surface area contributed by atoms with Gasteiger partial charge in [-0.25, -0.2) is 0 Å². The number of hydrogen-bond acceptors (Lipinski definition) is 3. The van der Waals surface area contributed by atoms with Crippen LogP contribution >= 0.6 is 34.8 Å². The van der Waals surface area contributed by atoms with Gasteiger partial charge in [-0.2, -0.15) is 0 Å². The first kappa shape index (κ1) is 20.8. The summed E-state index contributed by atoms with van der Waals surface area (Å²) >= 11 is 18.9. The van der Waals surface area contributed by atoms with Crippen LogP contribution in [-0.4, -0.2) is 7.11 Å². The van der Waals surface area contributed by atoms with Gasteiger partial charge in [0.05, 0.1) is 7.11 Å². The molecule has 1 N–H and O–H groups in total. The molecule has 0 bridgehead atoms. The van der Waals surface area contributed by atoms with Crippen LogP contribution in [0.3, 0.4) is 0 Å². The second-order valence-corrected chi connectivity index (χ2v) is 7.39. The SMILES string of the molecule is COc1cc(CNCc2ccccc2)c(Cl)cc1OCc1c(Cl)cccc1Cl. The molecule has 0 aliphatic rings. The van der Waals surface area contributed by atoms with Crippen molar-refractivity contribution in [2.75, 3.05) is 7.11 Å². The molecule has 0 fully saturated rings. The summed E-state index contributed by atoms with van der Waals surface area (Å²) in [5.74, 6) is 1.14. The first-order valence-corrected chi connectivity index (χ1v) is 9.88. The van der Waals surface area contributed by atoms with E-state index in [0.29, 0.717) is 33.1 Å². The van der Waals surface area contributed by atoms with E-state index in [4.69, 9.17) is 44.3 Å². The molecule has 0 radical (unpaired) electrons. The first-order valence-electron chi connectivity index (χ1n) is 8.75. The summed E-state index contributed by atoms with van der Waals surface area (Å²) in [6, 6.07) is 19.2. The molecule has 3 aromatic rings. The molecule has 0 atom stereocenters. The van der Waals surface area contributed by atoms with E-state index in [1.165, 1.54) is 5.56 Å². The van der Waals surface area contributed by atoms with Crippen molar-refractivity contribution in [1.82, 2.24) is 5.32 Å². The molecule has 6 heteroatoms. The predicted molar refractivity (Wildman–Crippen MR) is 116 cm³/mol. The Hall–Kier alpha value is -1.91. The maximum atomic E-state index is 6.46. The number of hydrogen-bond donors (Lipinski definition) is 1. The van der Waals surface area contributed by atoms with Crippen LogP contribution in [0.5, 0.6) is 11.5 Å². The second kappa shape index (κ2) is 10.0. The summed E-state index contributed by atoms with van der Waals surface area (Å²) in [4.78, 5) is 0. The second-order valence-electron chi connectivity index (χ2n) is 6.17. The highest BCUT2D eigenvalue weighted by Crippen LogP contribution is 2.35. The molecule has 0 aliphatic heterocycles. The van der Waals surface area contributed by atoms with Gasteiger partial charge in [0.25, 0.3) is 0 Å². The van der Waals surface area contributed by atoms with Gasteiger partial charge in [-0.3, -0.25) is 0 Å². The molecule has 146 valence electrons. The zero-order valence-corrected chi connectivity index (χ0v) is 17.6. The Morgan fingerprint density at radius 1 is 0.786 bits per heavy atom. The largest absolute Gasteiger partial charge is 0.493 e. The smallest absolute Gasteiger partial charge is 0.163 e. The molecular formula is C22H20Cl3NO2. The number of rotatable bonds is 8. The highest BCUT2D eigenvalue weighted by Gasteiger charge is 2.13. The van der Waals surface area contributed by atoms with Crippen molar-refractivity contribution in [3.8, 4) is 11.5 Å². The molecule has 0 spiro atoms. The van der Waals surface area contributed by atoms with E-state index in [1.54, 1.807) is 31.4 Å². The van der Waals surface area contributed by atoms with Gasteiger partial charge in [-0.1, -0.05) is 71.2 Å². The van der Waals surface area contributed by atoms with Crippen LogP contribution in [0.15, 0.2) is 60.7 Å². The minimum atomic E-state index is 0.219. The molecular weight excluding hydrogens is 417 g/mol. The highest BCUT2D eigenvalue weighted by molar-refractivity contribution is 6.36. The molecule has 0 amide bonds. The van der Waals surface area contributed by atoms with Gasteiger partial charge in [0.1, 0.15) is 6.61 Å². The van der Waals surface area contributed by atoms with Crippen LogP contribution in [-0.2, 0) is 19.7 Å². The number of halogens is 3. The third-order valence-corrected chi connectivity index (χ3v) is 5.31. The predicted octanol–water partition coefficient (Wildman–Crippen LogP) is 6.52. The fraction of sp³-hybridized carbons (Fsp3) is 0.182. The van der Waals surface area contributed by atoms with E-state index in [1.807, 2.05) is 24.3 Å².